The lowest BCUT2D eigenvalue weighted by Gasteiger charge is -2.27. The van der Waals surface area contributed by atoms with Crippen LogP contribution in [0.4, 0.5) is 5.69 Å². The average molecular weight is 199 g/mol. The van der Waals surface area contributed by atoms with E-state index in [4.69, 9.17) is 15.3 Å². The second kappa shape index (κ2) is 4.00. The molecule has 0 atom stereocenters. The number of ether oxygens (including phenoxy) is 1. The monoisotopic (exact) mass is 199 g/mol. The summed E-state index contributed by atoms with van der Waals surface area (Å²) >= 11 is 0. The van der Waals surface area contributed by atoms with Crippen LogP contribution in [0.5, 0.6) is 0 Å². The van der Waals surface area contributed by atoms with Crippen molar-refractivity contribution in [3.63, 3.8) is 0 Å². The van der Waals surface area contributed by atoms with Gasteiger partial charge in [-0.15, -0.1) is 0 Å². The van der Waals surface area contributed by atoms with Crippen LogP contribution in [0, 0.1) is 22.7 Å². The van der Waals surface area contributed by atoms with Crippen molar-refractivity contribution < 1.29 is 4.74 Å². The highest BCUT2D eigenvalue weighted by Crippen LogP contribution is 2.17. The normalized spacial score (nSPS) is 14.8. The summed E-state index contributed by atoms with van der Waals surface area (Å²) in [6, 6.07) is 9.45. The molecule has 1 aromatic rings. The van der Waals surface area contributed by atoms with E-state index >= 15 is 0 Å². The maximum absolute atomic E-state index is 8.83. The Morgan fingerprint density at radius 3 is 2.47 bits per heavy atom. The maximum atomic E-state index is 8.83. The summed E-state index contributed by atoms with van der Waals surface area (Å²) < 4.78 is 5.03. The molecule has 0 unspecified atom stereocenters. The van der Waals surface area contributed by atoms with Crippen molar-refractivity contribution in [2.45, 2.75) is 6.04 Å². The molecule has 0 amide bonds. The van der Waals surface area contributed by atoms with Gasteiger partial charge in [-0.3, -0.25) is 0 Å². The van der Waals surface area contributed by atoms with Gasteiger partial charge in [-0.1, -0.05) is 0 Å². The largest absolute Gasteiger partial charge is 0.378 e. The van der Waals surface area contributed by atoms with Crippen LogP contribution >= 0.6 is 0 Å². The van der Waals surface area contributed by atoms with Gasteiger partial charge in [0.25, 0.3) is 0 Å². The molecule has 1 fully saturated rings. The van der Waals surface area contributed by atoms with Gasteiger partial charge in [-0.25, -0.2) is 0 Å². The zero-order valence-corrected chi connectivity index (χ0v) is 8.03. The lowest BCUT2D eigenvalue weighted by Crippen LogP contribution is -2.40. The van der Waals surface area contributed by atoms with Gasteiger partial charge in [0.1, 0.15) is 12.1 Å². The standard InChI is InChI=1S/C11H9N3O/c12-4-8-1-2-10(3-9(8)5-13)14-11-6-15-7-11/h1-3,11,14H,6-7H2. The van der Waals surface area contributed by atoms with E-state index in [1.165, 1.54) is 0 Å². The zero-order chi connectivity index (χ0) is 10.7. The summed E-state index contributed by atoms with van der Waals surface area (Å²) in [5.74, 6) is 0. The number of benzene rings is 1. The van der Waals surface area contributed by atoms with Crippen LogP contribution in [-0.4, -0.2) is 19.3 Å². The molecule has 2 rings (SSSR count). The quantitative estimate of drug-likeness (QED) is 0.778. The minimum Gasteiger partial charge on any atom is -0.378 e. The first-order valence-electron chi connectivity index (χ1n) is 4.62. The molecule has 0 bridgehead atoms. The lowest BCUT2D eigenvalue weighted by atomic mass is 10.1. The van der Waals surface area contributed by atoms with Crippen molar-refractivity contribution in [1.82, 2.24) is 0 Å². The molecular weight excluding hydrogens is 190 g/mol. The molecule has 1 aliphatic heterocycles. The van der Waals surface area contributed by atoms with Crippen LogP contribution in [0.3, 0.4) is 0 Å². The van der Waals surface area contributed by atoms with Crippen LogP contribution < -0.4 is 5.32 Å². The Bertz CT molecular complexity index is 452. The van der Waals surface area contributed by atoms with Gasteiger partial charge in [-0.05, 0) is 18.2 Å². The molecule has 1 aromatic carbocycles. The Morgan fingerprint density at radius 1 is 1.20 bits per heavy atom. The van der Waals surface area contributed by atoms with E-state index in [1.807, 2.05) is 12.1 Å². The van der Waals surface area contributed by atoms with Crippen molar-refractivity contribution in [3.05, 3.63) is 29.3 Å². The third-order valence-electron chi connectivity index (χ3n) is 2.27. The first-order valence-corrected chi connectivity index (χ1v) is 4.62. The van der Waals surface area contributed by atoms with E-state index in [9.17, 15) is 0 Å². The molecule has 1 heterocycles. The molecule has 1 saturated heterocycles. The summed E-state index contributed by atoms with van der Waals surface area (Å²) in [4.78, 5) is 0. The van der Waals surface area contributed by atoms with E-state index in [0.717, 1.165) is 5.69 Å². The van der Waals surface area contributed by atoms with E-state index in [1.54, 1.807) is 18.2 Å². The third-order valence-corrected chi connectivity index (χ3v) is 2.27. The summed E-state index contributed by atoms with van der Waals surface area (Å²) in [5, 5.41) is 20.8. The second-order valence-corrected chi connectivity index (χ2v) is 3.36. The highest BCUT2D eigenvalue weighted by Gasteiger charge is 2.17. The zero-order valence-electron chi connectivity index (χ0n) is 8.03. The predicted octanol–water partition coefficient (Wildman–Crippen LogP) is 1.24. The summed E-state index contributed by atoms with van der Waals surface area (Å²) in [5.41, 5.74) is 1.68. The Labute approximate surface area is 87.7 Å². The van der Waals surface area contributed by atoms with Crippen LogP contribution in [0.25, 0.3) is 0 Å². The first-order chi connectivity index (χ1) is 7.33. The SMILES string of the molecule is N#Cc1ccc(NC2COC2)cc1C#N. The molecule has 0 saturated carbocycles. The fourth-order valence-corrected chi connectivity index (χ4v) is 1.38. The van der Waals surface area contributed by atoms with Gasteiger partial charge in [-0.2, -0.15) is 10.5 Å². The molecule has 0 aliphatic carbocycles. The topological polar surface area (TPSA) is 68.8 Å². The number of nitrogens with one attached hydrogen (secondary N) is 1. The fraction of sp³-hybridized carbons (Fsp3) is 0.273. The molecule has 4 nitrogen and oxygen atoms in total. The minimum absolute atomic E-state index is 0.324. The molecular formula is C11H9N3O. The molecule has 1 aliphatic rings. The summed E-state index contributed by atoms with van der Waals surface area (Å²) in [6.07, 6.45) is 0. The smallest absolute Gasteiger partial charge is 0.101 e. The average Bonchev–Trinajstić information content (AvgIpc) is 2.23. The molecule has 0 spiro atoms. The Hall–Kier alpha value is -2.04. The van der Waals surface area contributed by atoms with Crippen molar-refractivity contribution in [3.8, 4) is 12.1 Å². The second-order valence-electron chi connectivity index (χ2n) is 3.36. The van der Waals surface area contributed by atoms with E-state index in [2.05, 4.69) is 5.32 Å². The predicted molar refractivity (Wildman–Crippen MR) is 54.1 cm³/mol. The van der Waals surface area contributed by atoms with Crippen molar-refractivity contribution in [2.75, 3.05) is 18.5 Å². The number of hydrogen-bond donors (Lipinski definition) is 1. The molecule has 74 valence electrons. The summed E-state index contributed by atoms with van der Waals surface area (Å²) in [6.45, 7) is 1.39. The fourth-order valence-electron chi connectivity index (χ4n) is 1.38. The van der Waals surface area contributed by atoms with E-state index < -0.39 is 0 Å². The van der Waals surface area contributed by atoms with Crippen LogP contribution in [0.1, 0.15) is 11.1 Å². The number of rotatable bonds is 2. The highest BCUT2D eigenvalue weighted by atomic mass is 16.5. The number of anilines is 1. The van der Waals surface area contributed by atoms with Crippen LogP contribution in [0.2, 0.25) is 0 Å². The molecule has 0 aromatic heterocycles. The first kappa shape index (κ1) is 9.51. The highest BCUT2D eigenvalue weighted by molar-refractivity contribution is 5.56. The van der Waals surface area contributed by atoms with Crippen LogP contribution in [0.15, 0.2) is 18.2 Å². The number of nitrogens with zero attached hydrogens (tertiary/aromatic N) is 2. The lowest BCUT2D eigenvalue weighted by molar-refractivity contribution is 0.0211. The van der Waals surface area contributed by atoms with Crippen molar-refractivity contribution in [1.29, 1.82) is 10.5 Å². The molecule has 15 heavy (non-hydrogen) atoms. The minimum atomic E-state index is 0.324. The number of hydrogen-bond acceptors (Lipinski definition) is 4. The number of nitriles is 2. The molecule has 0 radical (unpaired) electrons. The molecule has 1 N–H and O–H groups in total. The van der Waals surface area contributed by atoms with Gasteiger partial charge >= 0.3 is 0 Å². The van der Waals surface area contributed by atoms with Gasteiger partial charge in [0.05, 0.1) is 30.4 Å². The van der Waals surface area contributed by atoms with Crippen molar-refractivity contribution >= 4 is 5.69 Å². The van der Waals surface area contributed by atoms with E-state index in [-0.39, 0.29) is 0 Å². The van der Waals surface area contributed by atoms with Gasteiger partial charge in [0.15, 0.2) is 0 Å². The summed E-state index contributed by atoms with van der Waals surface area (Å²) in [7, 11) is 0. The van der Waals surface area contributed by atoms with Gasteiger partial charge in [0, 0.05) is 5.69 Å². The Morgan fingerprint density at radius 2 is 1.93 bits per heavy atom. The third kappa shape index (κ3) is 1.90. The van der Waals surface area contributed by atoms with Crippen molar-refractivity contribution in [2.24, 2.45) is 0 Å². The maximum Gasteiger partial charge on any atom is 0.101 e. The van der Waals surface area contributed by atoms with E-state index in [0.29, 0.717) is 30.4 Å². The Balaban J connectivity index is 2.20. The van der Waals surface area contributed by atoms with Crippen LogP contribution in [-0.2, 0) is 4.74 Å². The molecule has 4 heteroatoms. The van der Waals surface area contributed by atoms with Gasteiger partial charge < -0.3 is 10.1 Å². The van der Waals surface area contributed by atoms with Gasteiger partial charge in [0.2, 0.25) is 0 Å². The Kier molecular flexibility index (Phi) is 2.53.